The minimum Gasteiger partial charge on any atom is -0.546 e. The molecule has 0 aromatic carbocycles. The van der Waals surface area contributed by atoms with Gasteiger partial charge in [-0.1, -0.05) is 12.7 Å². The molecular weight excluding hydrogens is 252 g/mol. The van der Waals surface area contributed by atoms with Crippen molar-refractivity contribution in [1.29, 1.82) is 0 Å². The Bertz CT molecular complexity index is 332. The first-order valence-corrected chi connectivity index (χ1v) is 4.58. The first-order valence-electron chi connectivity index (χ1n) is 4.58. The van der Waals surface area contributed by atoms with Crippen LogP contribution in [-0.2, 0) is 19.1 Å². The third-order valence-electron chi connectivity index (χ3n) is 1.32. The summed E-state index contributed by atoms with van der Waals surface area (Å²) in [5, 5.41) is 19.5. The van der Waals surface area contributed by atoms with Gasteiger partial charge >= 0.3 is 29.0 Å². The fourth-order valence-corrected chi connectivity index (χ4v) is 0.463. The van der Waals surface area contributed by atoms with Gasteiger partial charge < -0.3 is 24.5 Å². The van der Waals surface area contributed by atoms with Crippen molar-refractivity contribution in [3.05, 3.63) is 24.8 Å². The molecule has 0 aliphatic rings. The van der Waals surface area contributed by atoms with Gasteiger partial charge in [0.05, 0.1) is 11.9 Å². The average Bonchev–Trinajstić information content (AvgIpc) is 2.17. The van der Waals surface area contributed by atoms with Gasteiger partial charge in [0.15, 0.2) is 0 Å². The molecule has 0 aliphatic heterocycles. The number of rotatable bonds is 4. The molecule has 0 rings (SSSR count). The molecular formula is C11H14MgO6. The number of ether oxygens (including phenoxy) is 1. The van der Waals surface area contributed by atoms with Crippen molar-refractivity contribution in [2.75, 3.05) is 0 Å². The summed E-state index contributed by atoms with van der Waals surface area (Å²) >= 11 is 0. The van der Waals surface area contributed by atoms with Gasteiger partial charge in [-0.05, 0) is 26.8 Å². The summed E-state index contributed by atoms with van der Waals surface area (Å²) in [5.41, 5.74) is -1.57. The number of esters is 1. The number of hydrogen-bond donors (Lipinski definition) is 0. The Balaban J connectivity index is -0.000000321. The number of carboxylic acids is 2. The molecule has 0 aromatic rings. The van der Waals surface area contributed by atoms with Crippen LogP contribution < -0.4 is 10.2 Å². The smallest absolute Gasteiger partial charge is 0.546 e. The summed E-state index contributed by atoms with van der Waals surface area (Å²) in [6.07, 6.45) is 3.33. The van der Waals surface area contributed by atoms with Crippen LogP contribution in [0.3, 0.4) is 0 Å². The molecule has 0 aromatic heterocycles. The van der Waals surface area contributed by atoms with Gasteiger partial charge in [0.25, 0.3) is 0 Å². The van der Waals surface area contributed by atoms with Crippen molar-refractivity contribution in [2.24, 2.45) is 0 Å². The van der Waals surface area contributed by atoms with Crippen LogP contribution in [-0.4, -0.2) is 46.6 Å². The van der Waals surface area contributed by atoms with E-state index in [0.717, 1.165) is 12.2 Å². The largest absolute Gasteiger partial charge is 2.00 e. The Labute approximate surface area is 121 Å². The van der Waals surface area contributed by atoms with Gasteiger partial charge in [0, 0.05) is 6.08 Å². The van der Waals surface area contributed by atoms with E-state index in [1.165, 1.54) is 19.9 Å². The molecule has 6 nitrogen and oxygen atoms in total. The Morgan fingerprint density at radius 2 is 1.61 bits per heavy atom. The first kappa shape index (κ1) is 21.9. The summed E-state index contributed by atoms with van der Waals surface area (Å²) in [6.45, 7) is 7.04. The predicted molar refractivity (Wildman–Crippen MR) is 61.0 cm³/mol. The van der Waals surface area contributed by atoms with Gasteiger partial charge in [-0.25, -0.2) is 4.79 Å². The van der Waals surface area contributed by atoms with Crippen LogP contribution in [0.2, 0.25) is 0 Å². The van der Waals surface area contributed by atoms with E-state index in [1.54, 1.807) is 6.92 Å². The average molecular weight is 267 g/mol. The van der Waals surface area contributed by atoms with Gasteiger partial charge in [0.1, 0.15) is 5.60 Å². The van der Waals surface area contributed by atoms with Crippen LogP contribution >= 0.6 is 0 Å². The van der Waals surface area contributed by atoms with E-state index in [4.69, 9.17) is 9.90 Å². The van der Waals surface area contributed by atoms with Crippen LogP contribution in [0.1, 0.15) is 20.8 Å². The molecule has 0 amide bonds. The number of carbonyl (C=O) groups is 3. The molecule has 0 spiro atoms. The van der Waals surface area contributed by atoms with E-state index < -0.39 is 23.5 Å². The molecule has 0 atom stereocenters. The second-order valence-electron chi connectivity index (χ2n) is 3.24. The van der Waals surface area contributed by atoms with Crippen LogP contribution in [0.5, 0.6) is 0 Å². The molecule has 18 heavy (non-hydrogen) atoms. The van der Waals surface area contributed by atoms with Crippen LogP contribution in [0.4, 0.5) is 0 Å². The third kappa shape index (κ3) is 12.7. The Morgan fingerprint density at radius 1 is 1.22 bits per heavy atom. The molecule has 0 saturated heterocycles. The van der Waals surface area contributed by atoms with Gasteiger partial charge in [-0.3, -0.25) is 0 Å². The minimum atomic E-state index is -1.57. The van der Waals surface area contributed by atoms with E-state index in [0.29, 0.717) is 0 Å². The fourth-order valence-electron chi connectivity index (χ4n) is 0.463. The SMILES string of the molecule is C=CC(=O)[O-].CC=CC(=O)OC(C)(C)C(=O)[O-].[Mg+2]. The standard InChI is InChI=1S/C8H12O4.C3H4O2.Mg/c1-4-5-6(9)12-8(2,3)7(10)11;1-2-3(4)5;/h4-5H,1-3H3,(H,10,11);2H,1H2,(H,4,5);/q;;+2/p-2. The van der Waals surface area contributed by atoms with Gasteiger partial charge in [0.2, 0.25) is 0 Å². The van der Waals surface area contributed by atoms with Crippen LogP contribution in [0.25, 0.3) is 0 Å². The number of allylic oxidation sites excluding steroid dienone is 1. The van der Waals surface area contributed by atoms with E-state index in [9.17, 15) is 14.7 Å². The summed E-state index contributed by atoms with van der Waals surface area (Å²) in [7, 11) is 0. The number of aliphatic carboxylic acids is 2. The van der Waals surface area contributed by atoms with E-state index in [-0.39, 0.29) is 23.1 Å². The summed E-state index contributed by atoms with van der Waals surface area (Å²) < 4.78 is 4.55. The monoisotopic (exact) mass is 266 g/mol. The maximum atomic E-state index is 10.8. The Morgan fingerprint density at radius 3 is 1.83 bits per heavy atom. The van der Waals surface area contributed by atoms with E-state index in [1.807, 2.05) is 0 Å². The zero-order chi connectivity index (χ0) is 14.1. The number of hydrogen-bond acceptors (Lipinski definition) is 6. The summed E-state index contributed by atoms with van der Waals surface area (Å²) in [4.78, 5) is 30.3. The molecule has 96 valence electrons. The molecule has 0 fully saturated rings. The topological polar surface area (TPSA) is 107 Å². The maximum absolute atomic E-state index is 10.8. The number of carboxylic acid groups (broad SMARTS) is 2. The molecule has 0 unspecified atom stereocenters. The quantitative estimate of drug-likeness (QED) is 0.337. The molecule has 0 radical (unpaired) electrons. The van der Waals surface area contributed by atoms with Crippen LogP contribution in [0.15, 0.2) is 24.8 Å². The first-order chi connectivity index (χ1) is 7.67. The van der Waals surface area contributed by atoms with Gasteiger partial charge in [-0.2, -0.15) is 0 Å². The second kappa shape index (κ2) is 10.8. The van der Waals surface area contributed by atoms with E-state index in [2.05, 4.69) is 11.3 Å². The van der Waals surface area contributed by atoms with Crippen molar-refractivity contribution in [3.8, 4) is 0 Å². The van der Waals surface area contributed by atoms with E-state index >= 15 is 0 Å². The Kier molecular flexibility index (Phi) is 13.1. The number of carbonyl (C=O) groups excluding carboxylic acids is 3. The van der Waals surface area contributed by atoms with Crippen molar-refractivity contribution in [3.63, 3.8) is 0 Å². The summed E-state index contributed by atoms with van der Waals surface area (Å²) in [5.74, 6) is -3.34. The maximum Gasteiger partial charge on any atom is 2.00 e. The van der Waals surface area contributed by atoms with Crippen molar-refractivity contribution in [2.45, 2.75) is 26.4 Å². The zero-order valence-electron chi connectivity index (χ0n) is 10.6. The van der Waals surface area contributed by atoms with Crippen LogP contribution in [0, 0.1) is 0 Å². The van der Waals surface area contributed by atoms with Crippen molar-refractivity contribution < 1.29 is 29.3 Å². The molecule has 0 heterocycles. The Hall–Kier alpha value is -1.34. The normalized spacial score (nSPS) is 9.50. The molecule has 0 bridgehead atoms. The molecule has 0 N–H and O–H groups in total. The van der Waals surface area contributed by atoms with Gasteiger partial charge in [-0.15, -0.1) is 0 Å². The summed E-state index contributed by atoms with van der Waals surface area (Å²) in [6, 6.07) is 0. The minimum absolute atomic E-state index is 0. The zero-order valence-corrected chi connectivity index (χ0v) is 12.0. The van der Waals surface area contributed by atoms with Crippen molar-refractivity contribution >= 4 is 41.0 Å². The fraction of sp³-hybridized carbons (Fsp3) is 0.364. The molecule has 0 aliphatic carbocycles. The molecule has 7 heteroatoms. The van der Waals surface area contributed by atoms with Crippen molar-refractivity contribution in [1.82, 2.24) is 0 Å². The second-order valence-corrected chi connectivity index (χ2v) is 3.24. The molecule has 0 saturated carbocycles. The third-order valence-corrected chi connectivity index (χ3v) is 1.32. The predicted octanol–water partition coefficient (Wildman–Crippen LogP) is -1.82.